The summed E-state index contributed by atoms with van der Waals surface area (Å²) >= 11 is 0. The zero-order chi connectivity index (χ0) is 10.9. The summed E-state index contributed by atoms with van der Waals surface area (Å²) in [6.45, 7) is 2.41. The highest BCUT2D eigenvalue weighted by atomic mass is 16.5. The van der Waals surface area contributed by atoms with Crippen LogP contribution in [0, 0.1) is 0 Å². The Kier molecular flexibility index (Phi) is 2.46. The van der Waals surface area contributed by atoms with Crippen molar-refractivity contribution in [2.24, 2.45) is 5.73 Å². The quantitative estimate of drug-likeness (QED) is 0.795. The van der Waals surface area contributed by atoms with Crippen LogP contribution in [-0.4, -0.2) is 23.6 Å². The van der Waals surface area contributed by atoms with Gasteiger partial charge >= 0.3 is 0 Å². The van der Waals surface area contributed by atoms with Crippen molar-refractivity contribution in [2.45, 2.75) is 12.5 Å². The first kappa shape index (κ1) is 10.1. The Labute approximate surface area is 88.5 Å². The second-order valence-electron chi connectivity index (χ2n) is 3.74. The molecule has 2 aromatic rings. The summed E-state index contributed by atoms with van der Waals surface area (Å²) in [6, 6.07) is 3.92. The van der Waals surface area contributed by atoms with Crippen LogP contribution < -0.4 is 5.73 Å². The van der Waals surface area contributed by atoms with Crippen molar-refractivity contribution < 1.29 is 4.74 Å². The second kappa shape index (κ2) is 3.64. The number of nitrogens with zero attached hydrogens (tertiary/aromatic N) is 1. The van der Waals surface area contributed by atoms with Gasteiger partial charge in [-0.3, -0.25) is 0 Å². The number of ether oxygens (including phenoxy) is 1. The molecule has 2 rings (SSSR count). The minimum absolute atomic E-state index is 0.436. The third-order valence-corrected chi connectivity index (χ3v) is 2.86. The van der Waals surface area contributed by atoms with Crippen molar-refractivity contribution in [3.8, 4) is 0 Å². The number of rotatable bonds is 3. The normalized spacial score (nSPS) is 15.4. The molecular formula is C11H15N3O. The molecule has 4 heteroatoms. The molecule has 0 radical (unpaired) electrons. The van der Waals surface area contributed by atoms with Crippen molar-refractivity contribution >= 4 is 11.0 Å². The zero-order valence-corrected chi connectivity index (χ0v) is 8.95. The topological polar surface area (TPSA) is 63.9 Å². The molecule has 0 fully saturated rings. The molecule has 0 aromatic carbocycles. The molecule has 1 atom stereocenters. The third kappa shape index (κ3) is 1.52. The highest BCUT2D eigenvalue weighted by Gasteiger charge is 2.27. The SMILES string of the molecule is COC(C)(CN)c1c[nH]c2ncccc12. The number of hydrogen-bond donors (Lipinski definition) is 2. The molecule has 0 aliphatic heterocycles. The summed E-state index contributed by atoms with van der Waals surface area (Å²) in [5.74, 6) is 0. The van der Waals surface area contributed by atoms with Gasteiger partial charge in [0.05, 0.1) is 0 Å². The van der Waals surface area contributed by atoms with E-state index in [9.17, 15) is 0 Å². The third-order valence-electron chi connectivity index (χ3n) is 2.86. The van der Waals surface area contributed by atoms with Gasteiger partial charge in [-0.05, 0) is 19.1 Å². The van der Waals surface area contributed by atoms with Crippen molar-refractivity contribution in [2.75, 3.05) is 13.7 Å². The van der Waals surface area contributed by atoms with E-state index in [-0.39, 0.29) is 0 Å². The summed E-state index contributed by atoms with van der Waals surface area (Å²) in [5, 5.41) is 1.06. The Morgan fingerprint density at radius 3 is 3.07 bits per heavy atom. The maximum absolute atomic E-state index is 5.74. The van der Waals surface area contributed by atoms with E-state index < -0.39 is 5.60 Å². The summed E-state index contributed by atoms with van der Waals surface area (Å²) in [6.07, 6.45) is 3.67. The van der Waals surface area contributed by atoms with Gasteiger partial charge in [0.2, 0.25) is 0 Å². The standard InChI is InChI=1S/C11H15N3O/c1-11(7-12,15-2)9-6-14-10-8(9)4-3-5-13-10/h3-6H,7,12H2,1-2H3,(H,13,14). The molecule has 3 N–H and O–H groups in total. The van der Waals surface area contributed by atoms with Crippen LogP contribution in [0.1, 0.15) is 12.5 Å². The number of aromatic nitrogens is 2. The van der Waals surface area contributed by atoms with Crippen LogP contribution in [0.5, 0.6) is 0 Å². The lowest BCUT2D eigenvalue weighted by Gasteiger charge is -2.25. The lowest BCUT2D eigenvalue weighted by Crippen LogP contribution is -2.33. The van der Waals surface area contributed by atoms with E-state index in [0.717, 1.165) is 16.6 Å². The molecule has 2 aromatic heterocycles. The van der Waals surface area contributed by atoms with Gasteiger partial charge in [-0.1, -0.05) is 0 Å². The minimum atomic E-state index is -0.457. The zero-order valence-electron chi connectivity index (χ0n) is 8.95. The number of H-pyrrole nitrogens is 1. The van der Waals surface area contributed by atoms with Crippen molar-refractivity contribution in [3.63, 3.8) is 0 Å². The van der Waals surface area contributed by atoms with Crippen LogP contribution in [0.15, 0.2) is 24.5 Å². The summed E-state index contributed by atoms with van der Waals surface area (Å²) in [7, 11) is 1.67. The number of methoxy groups -OCH3 is 1. The fourth-order valence-electron chi connectivity index (χ4n) is 1.70. The molecule has 0 saturated heterocycles. The Bertz CT molecular complexity index is 460. The molecule has 1 unspecified atom stereocenters. The van der Waals surface area contributed by atoms with Gasteiger partial charge < -0.3 is 15.5 Å². The fraction of sp³-hybridized carbons (Fsp3) is 0.364. The first-order valence-corrected chi connectivity index (χ1v) is 4.89. The molecule has 80 valence electrons. The van der Waals surface area contributed by atoms with Gasteiger partial charge in [0.1, 0.15) is 11.2 Å². The van der Waals surface area contributed by atoms with Crippen molar-refractivity contribution in [1.82, 2.24) is 9.97 Å². The summed E-state index contributed by atoms with van der Waals surface area (Å²) in [4.78, 5) is 7.35. The number of nitrogens with two attached hydrogens (primary N) is 1. The van der Waals surface area contributed by atoms with Gasteiger partial charge in [-0.25, -0.2) is 4.98 Å². The number of nitrogens with one attached hydrogen (secondary N) is 1. The summed E-state index contributed by atoms with van der Waals surface area (Å²) in [5.41, 5.74) is 7.20. The number of pyridine rings is 1. The maximum atomic E-state index is 5.74. The summed E-state index contributed by atoms with van der Waals surface area (Å²) < 4.78 is 5.47. The van der Waals surface area contributed by atoms with Gasteiger partial charge in [-0.2, -0.15) is 0 Å². The Morgan fingerprint density at radius 2 is 2.40 bits per heavy atom. The molecule has 15 heavy (non-hydrogen) atoms. The number of hydrogen-bond acceptors (Lipinski definition) is 3. The fourth-order valence-corrected chi connectivity index (χ4v) is 1.70. The Hall–Kier alpha value is -1.39. The van der Waals surface area contributed by atoms with Crippen LogP contribution in [0.3, 0.4) is 0 Å². The molecule has 4 nitrogen and oxygen atoms in total. The first-order valence-electron chi connectivity index (χ1n) is 4.89. The van der Waals surface area contributed by atoms with Crippen LogP contribution in [0.2, 0.25) is 0 Å². The highest BCUT2D eigenvalue weighted by Crippen LogP contribution is 2.29. The van der Waals surface area contributed by atoms with Crippen LogP contribution in [-0.2, 0) is 10.3 Å². The highest BCUT2D eigenvalue weighted by molar-refractivity contribution is 5.80. The largest absolute Gasteiger partial charge is 0.372 e. The average molecular weight is 205 g/mol. The molecular weight excluding hydrogens is 190 g/mol. The number of fused-ring (bicyclic) bond motifs is 1. The molecule has 0 spiro atoms. The maximum Gasteiger partial charge on any atom is 0.137 e. The van der Waals surface area contributed by atoms with E-state index in [2.05, 4.69) is 9.97 Å². The van der Waals surface area contributed by atoms with Crippen LogP contribution in [0.4, 0.5) is 0 Å². The van der Waals surface area contributed by atoms with Gasteiger partial charge in [0, 0.05) is 37.0 Å². The lowest BCUT2D eigenvalue weighted by molar-refractivity contribution is 0.0113. The Morgan fingerprint density at radius 1 is 1.60 bits per heavy atom. The monoisotopic (exact) mass is 205 g/mol. The lowest BCUT2D eigenvalue weighted by atomic mass is 9.96. The minimum Gasteiger partial charge on any atom is -0.372 e. The molecule has 0 saturated carbocycles. The van der Waals surface area contributed by atoms with E-state index >= 15 is 0 Å². The van der Waals surface area contributed by atoms with Crippen LogP contribution >= 0.6 is 0 Å². The van der Waals surface area contributed by atoms with Gasteiger partial charge in [0.25, 0.3) is 0 Å². The van der Waals surface area contributed by atoms with E-state index in [4.69, 9.17) is 10.5 Å². The number of aromatic amines is 1. The predicted octanol–water partition coefficient (Wildman–Crippen LogP) is 1.38. The van der Waals surface area contributed by atoms with Gasteiger partial charge in [-0.15, -0.1) is 0 Å². The van der Waals surface area contributed by atoms with Crippen molar-refractivity contribution in [1.29, 1.82) is 0 Å². The molecule has 0 bridgehead atoms. The molecule has 0 amide bonds. The molecule has 2 heterocycles. The first-order chi connectivity index (χ1) is 7.21. The smallest absolute Gasteiger partial charge is 0.137 e. The Balaban J connectivity index is 2.61. The van der Waals surface area contributed by atoms with Gasteiger partial charge in [0.15, 0.2) is 0 Å². The average Bonchev–Trinajstić information content (AvgIpc) is 2.72. The molecule has 0 aliphatic carbocycles. The predicted molar refractivity (Wildman–Crippen MR) is 59.5 cm³/mol. The van der Waals surface area contributed by atoms with Crippen LogP contribution in [0.25, 0.3) is 11.0 Å². The second-order valence-corrected chi connectivity index (χ2v) is 3.74. The van der Waals surface area contributed by atoms with E-state index in [1.165, 1.54) is 0 Å². The van der Waals surface area contributed by atoms with E-state index in [1.54, 1.807) is 13.3 Å². The van der Waals surface area contributed by atoms with Crippen molar-refractivity contribution in [3.05, 3.63) is 30.1 Å². The van der Waals surface area contributed by atoms with E-state index in [0.29, 0.717) is 6.54 Å². The molecule has 0 aliphatic rings. The van der Waals surface area contributed by atoms with E-state index in [1.807, 2.05) is 25.3 Å².